The summed E-state index contributed by atoms with van der Waals surface area (Å²) in [6.07, 6.45) is 1.19. The lowest BCUT2D eigenvalue weighted by atomic mass is 10.5. The predicted octanol–water partition coefficient (Wildman–Crippen LogP) is -0.242. The average molecular weight is 102 g/mol. The van der Waals surface area contributed by atoms with Crippen molar-refractivity contribution in [3.8, 4) is 0 Å². The first-order chi connectivity index (χ1) is 3.43. The highest BCUT2D eigenvalue weighted by Gasteiger charge is 2.07. The number of hydrogen-bond acceptors (Lipinski definition) is 3. The van der Waals surface area contributed by atoms with E-state index in [0.29, 0.717) is 0 Å². The Labute approximate surface area is 43.2 Å². The van der Waals surface area contributed by atoms with Crippen LogP contribution >= 0.6 is 0 Å². The number of hydrazine groups is 1. The number of rotatable bonds is 1. The van der Waals surface area contributed by atoms with Crippen LogP contribution in [0, 0.1) is 0 Å². The molecule has 1 rings (SSSR count). The van der Waals surface area contributed by atoms with Gasteiger partial charge in [-0.3, -0.25) is 4.84 Å². The number of hydroxylamine groups is 1. The second kappa shape index (κ2) is 2.26. The van der Waals surface area contributed by atoms with Crippen molar-refractivity contribution >= 4 is 0 Å². The van der Waals surface area contributed by atoms with Crippen molar-refractivity contribution in [1.29, 1.82) is 0 Å². The summed E-state index contributed by atoms with van der Waals surface area (Å²) in [6, 6.07) is 0. The summed E-state index contributed by atoms with van der Waals surface area (Å²) in [6.45, 7) is 2.06. The van der Waals surface area contributed by atoms with Gasteiger partial charge in [0.2, 0.25) is 0 Å². The molecule has 1 fully saturated rings. The topological polar surface area (TPSA) is 24.5 Å². The van der Waals surface area contributed by atoms with Gasteiger partial charge < -0.3 is 0 Å². The van der Waals surface area contributed by atoms with Crippen LogP contribution in [-0.4, -0.2) is 25.4 Å². The Morgan fingerprint density at radius 3 is 2.86 bits per heavy atom. The lowest BCUT2D eigenvalue weighted by Crippen LogP contribution is -2.29. The molecule has 0 atom stereocenters. The van der Waals surface area contributed by atoms with Crippen LogP contribution in [0.4, 0.5) is 0 Å². The van der Waals surface area contributed by atoms with E-state index < -0.39 is 0 Å². The van der Waals surface area contributed by atoms with Crippen molar-refractivity contribution in [2.24, 2.45) is 0 Å². The van der Waals surface area contributed by atoms with Gasteiger partial charge in [0.1, 0.15) is 0 Å². The lowest BCUT2D eigenvalue weighted by molar-refractivity contribution is -0.149. The first kappa shape index (κ1) is 5.03. The summed E-state index contributed by atoms with van der Waals surface area (Å²) in [5.41, 5.74) is 3.02. The van der Waals surface area contributed by atoms with Crippen molar-refractivity contribution in [2.45, 2.75) is 6.42 Å². The zero-order valence-corrected chi connectivity index (χ0v) is 4.48. The molecule has 1 heterocycles. The van der Waals surface area contributed by atoms with E-state index in [4.69, 9.17) is 4.84 Å². The van der Waals surface area contributed by atoms with E-state index in [0.717, 1.165) is 13.1 Å². The molecule has 1 N–H and O–H groups in total. The number of nitrogens with one attached hydrogen (secondary N) is 1. The third-order valence-corrected chi connectivity index (χ3v) is 1.05. The van der Waals surface area contributed by atoms with Crippen molar-refractivity contribution in [3.05, 3.63) is 0 Å². The van der Waals surface area contributed by atoms with Gasteiger partial charge in [-0.25, -0.2) is 5.43 Å². The fourth-order valence-electron chi connectivity index (χ4n) is 0.661. The molecule has 0 saturated carbocycles. The summed E-state index contributed by atoms with van der Waals surface area (Å²) in [4.78, 5) is 4.83. The van der Waals surface area contributed by atoms with E-state index in [2.05, 4.69) is 5.43 Å². The van der Waals surface area contributed by atoms with Gasteiger partial charge >= 0.3 is 0 Å². The van der Waals surface area contributed by atoms with Crippen LogP contribution in [0.5, 0.6) is 0 Å². The molecule has 0 radical (unpaired) electrons. The second-order valence-electron chi connectivity index (χ2n) is 1.55. The molecule has 0 amide bonds. The summed E-state index contributed by atoms with van der Waals surface area (Å²) >= 11 is 0. The van der Waals surface area contributed by atoms with Gasteiger partial charge in [0.05, 0.1) is 7.11 Å². The lowest BCUT2D eigenvalue weighted by Gasteiger charge is -2.09. The third kappa shape index (κ3) is 1.12. The molecule has 1 saturated heterocycles. The molecule has 0 unspecified atom stereocenters. The van der Waals surface area contributed by atoms with Crippen LogP contribution < -0.4 is 5.43 Å². The Morgan fingerprint density at radius 1 is 1.71 bits per heavy atom. The van der Waals surface area contributed by atoms with E-state index in [1.165, 1.54) is 6.42 Å². The minimum absolute atomic E-state index is 1.01. The molecule has 0 aromatic heterocycles. The summed E-state index contributed by atoms with van der Waals surface area (Å²) in [7, 11) is 1.66. The minimum atomic E-state index is 1.01. The molecule has 0 spiro atoms. The van der Waals surface area contributed by atoms with E-state index >= 15 is 0 Å². The predicted molar refractivity (Wildman–Crippen MR) is 26.3 cm³/mol. The summed E-state index contributed by atoms with van der Waals surface area (Å²) < 4.78 is 0. The smallest absolute Gasteiger partial charge is 0.0591 e. The molecule has 3 nitrogen and oxygen atoms in total. The van der Waals surface area contributed by atoms with Gasteiger partial charge in [-0.1, -0.05) is 0 Å². The first-order valence-electron chi connectivity index (χ1n) is 2.48. The van der Waals surface area contributed by atoms with Crippen LogP contribution in [-0.2, 0) is 4.84 Å². The highest BCUT2D eigenvalue weighted by Crippen LogP contribution is 1.92. The van der Waals surface area contributed by atoms with E-state index in [1.807, 2.05) is 0 Å². The fraction of sp³-hybridized carbons (Fsp3) is 1.00. The van der Waals surface area contributed by atoms with Gasteiger partial charge in [0.25, 0.3) is 0 Å². The van der Waals surface area contributed by atoms with Crippen LogP contribution in [0.2, 0.25) is 0 Å². The Morgan fingerprint density at radius 2 is 2.57 bits per heavy atom. The molecule has 1 aliphatic rings. The van der Waals surface area contributed by atoms with Gasteiger partial charge in [-0.15, -0.1) is 5.17 Å². The van der Waals surface area contributed by atoms with Crippen LogP contribution in [0.15, 0.2) is 0 Å². The molecule has 0 aromatic rings. The largest absolute Gasteiger partial charge is 0.287 e. The minimum Gasteiger partial charge on any atom is -0.287 e. The van der Waals surface area contributed by atoms with Crippen LogP contribution in [0.25, 0.3) is 0 Å². The molecule has 3 heteroatoms. The molecule has 42 valence electrons. The van der Waals surface area contributed by atoms with Crippen molar-refractivity contribution < 1.29 is 4.84 Å². The number of hydrogen-bond donors (Lipinski definition) is 1. The first-order valence-corrected chi connectivity index (χ1v) is 2.48. The van der Waals surface area contributed by atoms with Gasteiger partial charge in [-0.05, 0) is 6.42 Å². The second-order valence-corrected chi connectivity index (χ2v) is 1.55. The van der Waals surface area contributed by atoms with Gasteiger partial charge in [0, 0.05) is 13.1 Å². The highest BCUT2D eigenvalue weighted by atomic mass is 16.7. The normalized spacial score (nSPS) is 23.6. The van der Waals surface area contributed by atoms with Crippen molar-refractivity contribution in [2.75, 3.05) is 20.2 Å². The maximum absolute atomic E-state index is 4.83. The molecule has 0 aliphatic carbocycles. The molecular weight excluding hydrogens is 92.1 g/mol. The molecule has 0 aromatic carbocycles. The summed E-state index contributed by atoms with van der Waals surface area (Å²) in [5, 5.41) is 1.74. The van der Waals surface area contributed by atoms with Crippen molar-refractivity contribution in [1.82, 2.24) is 10.6 Å². The quantitative estimate of drug-likeness (QED) is 0.494. The average Bonchev–Trinajstić information content (AvgIpc) is 2.14. The van der Waals surface area contributed by atoms with E-state index in [-0.39, 0.29) is 0 Å². The fourth-order valence-corrected chi connectivity index (χ4v) is 0.661. The van der Waals surface area contributed by atoms with Gasteiger partial charge in [-0.2, -0.15) is 0 Å². The summed E-state index contributed by atoms with van der Waals surface area (Å²) in [5.74, 6) is 0. The maximum Gasteiger partial charge on any atom is 0.0591 e. The highest BCUT2D eigenvalue weighted by molar-refractivity contribution is 4.51. The molecular formula is C4H10N2O. The Bertz CT molecular complexity index is 51.7. The Hall–Kier alpha value is -0.120. The molecule has 7 heavy (non-hydrogen) atoms. The van der Waals surface area contributed by atoms with Crippen molar-refractivity contribution in [3.63, 3.8) is 0 Å². The maximum atomic E-state index is 4.83. The monoisotopic (exact) mass is 102 g/mol. The zero-order chi connectivity index (χ0) is 5.11. The third-order valence-electron chi connectivity index (χ3n) is 1.05. The SMILES string of the molecule is CON1CCCN1. The Kier molecular flexibility index (Phi) is 1.62. The van der Waals surface area contributed by atoms with Crippen LogP contribution in [0.1, 0.15) is 6.42 Å². The number of nitrogens with zero attached hydrogens (tertiary/aromatic N) is 1. The van der Waals surface area contributed by atoms with E-state index in [1.54, 1.807) is 12.3 Å². The van der Waals surface area contributed by atoms with Crippen LogP contribution in [0.3, 0.4) is 0 Å². The zero-order valence-electron chi connectivity index (χ0n) is 4.48. The molecule has 1 aliphatic heterocycles. The van der Waals surface area contributed by atoms with E-state index in [9.17, 15) is 0 Å². The Balaban J connectivity index is 2.14. The molecule has 0 bridgehead atoms. The standard InChI is InChI=1S/C4H10N2O/c1-7-6-4-2-3-5-6/h5H,2-4H2,1H3. The van der Waals surface area contributed by atoms with Gasteiger partial charge in [0.15, 0.2) is 0 Å².